The Labute approximate surface area is 163 Å². The molecule has 0 aliphatic carbocycles. The molecule has 3 rings (SSSR count). The van der Waals surface area contributed by atoms with Crippen LogP contribution in [-0.2, 0) is 13.2 Å². The molecular weight excluding hydrogens is 374 g/mol. The minimum atomic E-state index is 0.776. The zero-order valence-corrected chi connectivity index (χ0v) is 16.8. The van der Waals surface area contributed by atoms with Crippen molar-refractivity contribution >= 4 is 40.3 Å². The van der Waals surface area contributed by atoms with E-state index >= 15 is 0 Å². The highest BCUT2D eigenvalue weighted by atomic mass is 35.5. The standard InChI is InChI=1S/C17H24ClN5S2/c1-2-7-19-16-20-23(17(24)25-16)13-22-10-8-21(9-11-22)12-14-3-5-15(18)6-4-14/h3-6H,2,7-13H2,1H3,(H,19,20). The topological polar surface area (TPSA) is 36.3 Å². The summed E-state index contributed by atoms with van der Waals surface area (Å²) in [5, 5.41) is 9.62. The van der Waals surface area contributed by atoms with Crippen LogP contribution in [0.5, 0.6) is 0 Å². The number of hydrogen-bond acceptors (Lipinski definition) is 6. The fraction of sp³-hybridized carbons (Fsp3) is 0.529. The van der Waals surface area contributed by atoms with Gasteiger partial charge in [0.2, 0.25) is 5.13 Å². The lowest BCUT2D eigenvalue weighted by Gasteiger charge is -2.34. The molecule has 1 saturated heterocycles. The third kappa shape index (κ3) is 5.49. The minimum Gasteiger partial charge on any atom is -0.360 e. The number of anilines is 1. The van der Waals surface area contributed by atoms with Gasteiger partial charge in [-0.1, -0.05) is 42.0 Å². The summed E-state index contributed by atoms with van der Waals surface area (Å²) in [6.45, 7) is 9.01. The molecule has 0 spiro atoms. The number of piperazine rings is 1. The van der Waals surface area contributed by atoms with Crippen LogP contribution < -0.4 is 5.32 Å². The van der Waals surface area contributed by atoms with Gasteiger partial charge >= 0.3 is 0 Å². The van der Waals surface area contributed by atoms with Crippen molar-refractivity contribution in [3.63, 3.8) is 0 Å². The van der Waals surface area contributed by atoms with E-state index in [4.69, 9.17) is 23.8 Å². The van der Waals surface area contributed by atoms with Gasteiger partial charge in [-0.25, -0.2) is 4.68 Å². The van der Waals surface area contributed by atoms with Crippen LogP contribution in [0, 0.1) is 3.95 Å². The van der Waals surface area contributed by atoms with Crippen LogP contribution in [0.2, 0.25) is 5.02 Å². The molecule has 2 aromatic rings. The van der Waals surface area contributed by atoms with E-state index in [1.54, 1.807) is 11.3 Å². The number of hydrogen-bond donors (Lipinski definition) is 1. The Kier molecular flexibility index (Phi) is 6.84. The van der Waals surface area contributed by atoms with Crippen molar-refractivity contribution in [2.24, 2.45) is 0 Å². The van der Waals surface area contributed by atoms with Crippen LogP contribution in [0.15, 0.2) is 24.3 Å². The molecule has 0 atom stereocenters. The molecule has 5 nitrogen and oxygen atoms in total. The van der Waals surface area contributed by atoms with E-state index in [0.29, 0.717) is 0 Å². The first-order chi connectivity index (χ1) is 12.1. The molecule has 1 N–H and O–H groups in total. The summed E-state index contributed by atoms with van der Waals surface area (Å²) >= 11 is 12.9. The van der Waals surface area contributed by atoms with E-state index in [9.17, 15) is 0 Å². The molecule has 0 saturated carbocycles. The van der Waals surface area contributed by atoms with Crippen LogP contribution in [-0.4, -0.2) is 52.3 Å². The quantitative estimate of drug-likeness (QED) is 0.716. The van der Waals surface area contributed by atoms with E-state index in [2.05, 4.69) is 39.3 Å². The maximum Gasteiger partial charge on any atom is 0.204 e. The van der Waals surface area contributed by atoms with Gasteiger partial charge in [-0.05, 0) is 36.3 Å². The third-order valence-corrected chi connectivity index (χ3v) is 5.77. The van der Waals surface area contributed by atoms with Crippen LogP contribution in [0.4, 0.5) is 5.13 Å². The van der Waals surface area contributed by atoms with Gasteiger partial charge in [-0.3, -0.25) is 9.80 Å². The Morgan fingerprint density at radius 1 is 1.16 bits per heavy atom. The lowest BCUT2D eigenvalue weighted by atomic mass is 10.2. The summed E-state index contributed by atoms with van der Waals surface area (Å²) in [4.78, 5) is 4.89. The van der Waals surface area contributed by atoms with Crippen molar-refractivity contribution in [1.29, 1.82) is 0 Å². The summed E-state index contributed by atoms with van der Waals surface area (Å²) in [5.41, 5.74) is 1.31. The Hall–Kier alpha value is -0.990. The summed E-state index contributed by atoms with van der Waals surface area (Å²) in [6.07, 6.45) is 1.09. The monoisotopic (exact) mass is 397 g/mol. The first-order valence-electron chi connectivity index (χ1n) is 8.65. The smallest absolute Gasteiger partial charge is 0.204 e. The normalized spacial score (nSPS) is 16.2. The molecular formula is C17H24ClN5S2. The Morgan fingerprint density at radius 3 is 2.52 bits per heavy atom. The number of nitrogens with one attached hydrogen (secondary N) is 1. The average molecular weight is 398 g/mol. The maximum atomic E-state index is 5.95. The Bertz CT molecular complexity index is 719. The van der Waals surface area contributed by atoms with Gasteiger partial charge < -0.3 is 5.32 Å². The predicted octanol–water partition coefficient (Wildman–Crippen LogP) is 3.92. The average Bonchev–Trinajstić information content (AvgIpc) is 2.96. The second-order valence-electron chi connectivity index (χ2n) is 6.26. The molecule has 8 heteroatoms. The van der Waals surface area contributed by atoms with E-state index in [-0.39, 0.29) is 0 Å². The molecule has 2 heterocycles. The molecule has 1 aliphatic rings. The number of halogens is 1. The van der Waals surface area contributed by atoms with Crippen LogP contribution in [0.3, 0.4) is 0 Å². The van der Waals surface area contributed by atoms with E-state index in [1.807, 2.05) is 16.8 Å². The van der Waals surface area contributed by atoms with Gasteiger partial charge in [0, 0.05) is 44.3 Å². The molecule has 0 unspecified atom stereocenters. The highest BCUT2D eigenvalue weighted by Crippen LogP contribution is 2.16. The highest BCUT2D eigenvalue weighted by Gasteiger charge is 2.18. The first-order valence-corrected chi connectivity index (χ1v) is 10.3. The molecule has 1 aliphatic heterocycles. The van der Waals surface area contributed by atoms with Gasteiger partial charge in [-0.2, -0.15) is 0 Å². The van der Waals surface area contributed by atoms with E-state index in [1.165, 1.54) is 5.56 Å². The molecule has 1 aromatic heterocycles. The van der Waals surface area contributed by atoms with E-state index < -0.39 is 0 Å². The SMILES string of the molecule is CCCNc1nn(CN2CCN(Cc3ccc(Cl)cc3)CC2)c(=S)s1. The fourth-order valence-corrected chi connectivity index (χ4v) is 3.97. The summed E-state index contributed by atoms with van der Waals surface area (Å²) in [6, 6.07) is 8.13. The molecule has 0 amide bonds. The largest absolute Gasteiger partial charge is 0.360 e. The predicted molar refractivity (Wildman–Crippen MR) is 108 cm³/mol. The van der Waals surface area contributed by atoms with Gasteiger partial charge in [0.25, 0.3) is 0 Å². The number of nitrogens with zero attached hydrogens (tertiary/aromatic N) is 4. The zero-order chi connectivity index (χ0) is 17.6. The second-order valence-corrected chi connectivity index (χ2v) is 8.32. The molecule has 0 bridgehead atoms. The van der Waals surface area contributed by atoms with Gasteiger partial charge in [0.1, 0.15) is 0 Å². The van der Waals surface area contributed by atoms with Gasteiger partial charge in [-0.15, -0.1) is 5.10 Å². The van der Waals surface area contributed by atoms with Gasteiger partial charge in [0.15, 0.2) is 3.95 Å². The van der Waals surface area contributed by atoms with Crippen LogP contribution >= 0.6 is 35.2 Å². The van der Waals surface area contributed by atoms with Crippen molar-refractivity contribution in [3.8, 4) is 0 Å². The molecule has 1 fully saturated rings. The lowest BCUT2D eigenvalue weighted by Crippen LogP contribution is -2.46. The van der Waals surface area contributed by atoms with E-state index in [0.717, 1.165) is 66.5 Å². The number of benzene rings is 1. The van der Waals surface area contributed by atoms with Crippen molar-refractivity contribution in [3.05, 3.63) is 38.8 Å². The number of aromatic nitrogens is 2. The van der Waals surface area contributed by atoms with Crippen molar-refractivity contribution in [2.45, 2.75) is 26.6 Å². The molecule has 0 radical (unpaired) electrons. The number of rotatable bonds is 7. The summed E-state index contributed by atoms with van der Waals surface area (Å²) in [7, 11) is 0. The maximum absolute atomic E-state index is 5.95. The van der Waals surface area contributed by atoms with Crippen molar-refractivity contribution in [2.75, 3.05) is 38.0 Å². The Morgan fingerprint density at radius 2 is 1.84 bits per heavy atom. The van der Waals surface area contributed by atoms with Crippen molar-refractivity contribution in [1.82, 2.24) is 19.6 Å². The zero-order valence-electron chi connectivity index (χ0n) is 14.4. The minimum absolute atomic E-state index is 0.776. The first kappa shape index (κ1) is 18.8. The van der Waals surface area contributed by atoms with Crippen LogP contribution in [0.1, 0.15) is 18.9 Å². The second kappa shape index (κ2) is 9.09. The summed E-state index contributed by atoms with van der Waals surface area (Å²) < 4.78 is 2.77. The lowest BCUT2D eigenvalue weighted by molar-refractivity contribution is 0.0985. The van der Waals surface area contributed by atoms with Crippen LogP contribution in [0.25, 0.3) is 0 Å². The molecule has 1 aromatic carbocycles. The molecule has 136 valence electrons. The fourth-order valence-electron chi connectivity index (χ4n) is 2.83. The highest BCUT2D eigenvalue weighted by molar-refractivity contribution is 7.73. The molecule has 25 heavy (non-hydrogen) atoms. The van der Waals surface area contributed by atoms with Crippen molar-refractivity contribution < 1.29 is 0 Å². The third-order valence-electron chi connectivity index (χ3n) is 4.25. The Balaban J connectivity index is 1.48. The summed E-state index contributed by atoms with van der Waals surface area (Å²) in [5.74, 6) is 0. The van der Waals surface area contributed by atoms with Gasteiger partial charge in [0.05, 0.1) is 6.67 Å².